The monoisotopic (exact) mass is 448 g/mol. The fourth-order valence-electron chi connectivity index (χ4n) is 5.55. The normalized spacial score (nSPS) is 23.6. The third-order valence-electron chi connectivity index (χ3n) is 7.44. The van der Waals surface area contributed by atoms with Gasteiger partial charge in [-0.2, -0.15) is 0 Å². The van der Waals surface area contributed by atoms with Gasteiger partial charge in [-0.05, 0) is 61.8 Å². The Kier molecular flexibility index (Phi) is 5.31. The highest BCUT2D eigenvalue weighted by Crippen LogP contribution is 2.37. The Morgan fingerprint density at radius 1 is 1.09 bits per heavy atom. The molecule has 1 unspecified atom stereocenters. The quantitative estimate of drug-likeness (QED) is 0.726. The Morgan fingerprint density at radius 3 is 2.39 bits per heavy atom. The van der Waals surface area contributed by atoms with Gasteiger partial charge >= 0.3 is 6.03 Å². The van der Waals surface area contributed by atoms with E-state index in [-0.39, 0.29) is 29.8 Å². The van der Waals surface area contributed by atoms with E-state index in [4.69, 9.17) is 4.74 Å². The zero-order valence-corrected chi connectivity index (χ0v) is 18.9. The molecule has 1 aromatic carbocycles. The highest BCUT2D eigenvalue weighted by Gasteiger charge is 2.55. The summed E-state index contributed by atoms with van der Waals surface area (Å²) in [4.78, 5) is 46.8. The number of hydrogen-bond donors (Lipinski definition) is 1. The van der Waals surface area contributed by atoms with E-state index >= 15 is 0 Å². The molecule has 0 bridgehead atoms. The number of likely N-dealkylation sites (tertiary alicyclic amines) is 1. The van der Waals surface area contributed by atoms with Gasteiger partial charge in [-0.15, -0.1) is 0 Å². The molecule has 1 aliphatic carbocycles. The number of methoxy groups -OCH3 is 1. The van der Waals surface area contributed by atoms with Crippen LogP contribution in [0.2, 0.25) is 0 Å². The predicted octanol–water partition coefficient (Wildman–Crippen LogP) is 2.42. The van der Waals surface area contributed by atoms with E-state index in [1.807, 2.05) is 19.1 Å². The van der Waals surface area contributed by atoms with Gasteiger partial charge in [0.1, 0.15) is 11.1 Å². The molecular formula is C25H28N4O4. The van der Waals surface area contributed by atoms with E-state index in [0.717, 1.165) is 0 Å². The fourth-order valence-corrected chi connectivity index (χ4v) is 5.55. The molecule has 0 spiro atoms. The van der Waals surface area contributed by atoms with E-state index in [0.29, 0.717) is 50.2 Å². The van der Waals surface area contributed by atoms with Crippen molar-refractivity contribution in [3.8, 4) is 5.88 Å². The maximum Gasteiger partial charge on any atom is 0.325 e. The molecule has 172 valence electrons. The number of nitrogens with zero attached hydrogens (tertiary/aromatic N) is 3. The zero-order valence-electron chi connectivity index (χ0n) is 18.9. The van der Waals surface area contributed by atoms with Gasteiger partial charge in [-0.1, -0.05) is 24.3 Å². The number of piperidine rings is 1. The van der Waals surface area contributed by atoms with E-state index in [1.54, 1.807) is 23.2 Å². The highest BCUT2D eigenvalue weighted by molar-refractivity contribution is 6.07. The van der Waals surface area contributed by atoms with Gasteiger partial charge in [0.2, 0.25) is 5.88 Å². The molecule has 1 aromatic heterocycles. The van der Waals surface area contributed by atoms with E-state index in [2.05, 4.69) is 22.4 Å². The van der Waals surface area contributed by atoms with Crippen molar-refractivity contribution in [1.29, 1.82) is 0 Å². The first-order valence-corrected chi connectivity index (χ1v) is 11.4. The van der Waals surface area contributed by atoms with Crippen LogP contribution in [-0.2, 0) is 17.6 Å². The number of nitrogens with one attached hydrogen (secondary N) is 1. The first kappa shape index (κ1) is 21.4. The van der Waals surface area contributed by atoms with E-state index in [1.165, 1.54) is 23.1 Å². The lowest BCUT2D eigenvalue weighted by Crippen LogP contribution is -2.55. The van der Waals surface area contributed by atoms with Crippen LogP contribution in [0, 0.1) is 5.92 Å². The van der Waals surface area contributed by atoms with Crippen LogP contribution in [0.3, 0.4) is 0 Å². The first-order chi connectivity index (χ1) is 15.9. The Morgan fingerprint density at radius 2 is 1.76 bits per heavy atom. The highest BCUT2D eigenvalue weighted by atomic mass is 16.5. The molecule has 1 N–H and O–H groups in total. The van der Waals surface area contributed by atoms with Gasteiger partial charge in [-0.3, -0.25) is 14.5 Å². The van der Waals surface area contributed by atoms with Crippen molar-refractivity contribution in [2.24, 2.45) is 5.92 Å². The minimum Gasteiger partial charge on any atom is -0.480 e. The average molecular weight is 449 g/mol. The molecule has 4 amide bonds. The third-order valence-corrected chi connectivity index (χ3v) is 7.44. The number of fused-ring (bicyclic) bond motifs is 1. The number of carbonyl (C=O) groups is 3. The molecule has 5 rings (SSSR count). The molecule has 2 aliphatic heterocycles. The second kappa shape index (κ2) is 8.17. The molecule has 1 atom stereocenters. The second-order valence-electron chi connectivity index (χ2n) is 9.27. The number of benzene rings is 1. The van der Waals surface area contributed by atoms with Crippen LogP contribution in [0.4, 0.5) is 4.79 Å². The lowest BCUT2D eigenvalue weighted by Gasteiger charge is -2.39. The van der Waals surface area contributed by atoms with Gasteiger partial charge in [0, 0.05) is 25.3 Å². The Balaban J connectivity index is 1.27. The van der Waals surface area contributed by atoms with Gasteiger partial charge in [0.15, 0.2) is 0 Å². The van der Waals surface area contributed by atoms with Crippen LogP contribution < -0.4 is 10.1 Å². The molecule has 0 saturated carbocycles. The van der Waals surface area contributed by atoms with Crippen LogP contribution in [-0.4, -0.2) is 64.4 Å². The van der Waals surface area contributed by atoms with Gasteiger partial charge in [-0.25, -0.2) is 9.78 Å². The number of amides is 4. The summed E-state index contributed by atoms with van der Waals surface area (Å²) < 4.78 is 5.23. The molecule has 2 fully saturated rings. The minimum absolute atomic E-state index is 0.0393. The average Bonchev–Trinajstić information content (AvgIpc) is 3.36. The van der Waals surface area contributed by atoms with Crippen molar-refractivity contribution in [3.63, 3.8) is 0 Å². The maximum atomic E-state index is 13.5. The summed E-state index contributed by atoms with van der Waals surface area (Å²) in [6, 6.07) is 11.1. The molecule has 0 radical (unpaired) electrons. The molecule has 3 heterocycles. The summed E-state index contributed by atoms with van der Waals surface area (Å²) in [5.41, 5.74) is 1.89. The van der Waals surface area contributed by atoms with Crippen LogP contribution in [0.5, 0.6) is 5.88 Å². The predicted molar refractivity (Wildman–Crippen MR) is 121 cm³/mol. The van der Waals surface area contributed by atoms with Gasteiger partial charge in [0.25, 0.3) is 11.8 Å². The molecule has 33 heavy (non-hydrogen) atoms. The van der Waals surface area contributed by atoms with E-state index < -0.39 is 5.54 Å². The van der Waals surface area contributed by atoms with Crippen LogP contribution in [0.15, 0.2) is 42.6 Å². The number of pyridine rings is 1. The van der Waals surface area contributed by atoms with E-state index in [9.17, 15) is 14.4 Å². The summed E-state index contributed by atoms with van der Waals surface area (Å²) in [5.74, 6) is -0.00899. The molecule has 8 nitrogen and oxygen atoms in total. The topological polar surface area (TPSA) is 91.8 Å². The Labute approximate surface area is 192 Å². The first-order valence-electron chi connectivity index (χ1n) is 11.4. The number of aromatic nitrogens is 1. The smallest absolute Gasteiger partial charge is 0.325 e. The number of carbonyl (C=O) groups excluding carboxylic acids is 3. The van der Waals surface area contributed by atoms with Crippen LogP contribution >= 0.6 is 0 Å². The SMILES string of the molecule is COc1ncccc1C(=O)N1CCC(C2(C)NC(=O)N(C3Cc4ccccc4C3)C2=O)CC1. The number of ether oxygens (including phenoxy) is 1. The fraction of sp³-hybridized carbons (Fsp3) is 0.440. The van der Waals surface area contributed by atoms with Crippen molar-refractivity contribution in [2.75, 3.05) is 20.2 Å². The maximum absolute atomic E-state index is 13.5. The molecule has 2 aromatic rings. The largest absolute Gasteiger partial charge is 0.480 e. The van der Waals surface area contributed by atoms with Crippen molar-refractivity contribution >= 4 is 17.8 Å². The molecule has 2 saturated heterocycles. The summed E-state index contributed by atoms with van der Waals surface area (Å²) in [6.45, 7) is 2.85. The van der Waals surface area contributed by atoms with Crippen molar-refractivity contribution in [1.82, 2.24) is 20.1 Å². The number of rotatable bonds is 4. The summed E-state index contributed by atoms with van der Waals surface area (Å²) in [5, 5.41) is 3.00. The summed E-state index contributed by atoms with van der Waals surface area (Å²) >= 11 is 0. The number of urea groups is 1. The van der Waals surface area contributed by atoms with Crippen molar-refractivity contribution < 1.29 is 19.1 Å². The summed E-state index contributed by atoms with van der Waals surface area (Å²) in [7, 11) is 1.50. The van der Waals surface area contributed by atoms with Crippen LogP contribution in [0.25, 0.3) is 0 Å². The molecular weight excluding hydrogens is 420 g/mol. The lowest BCUT2D eigenvalue weighted by atomic mass is 9.78. The van der Waals surface area contributed by atoms with Gasteiger partial charge < -0.3 is 15.0 Å². The van der Waals surface area contributed by atoms with Crippen LogP contribution in [0.1, 0.15) is 41.3 Å². The molecule has 3 aliphatic rings. The zero-order chi connectivity index (χ0) is 23.2. The van der Waals surface area contributed by atoms with Crippen molar-refractivity contribution in [3.05, 3.63) is 59.3 Å². The lowest BCUT2D eigenvalue weighted by molar-refractivity contribution is -0.134. The summed E-state index contributed by atoms with van der Waals surface area (Å²) in [6.07, 6.45) is 4.26. The standard InChI is InChI=1S/C25H28N4O4/c1-25(18-9-12-28(13-10-18)22(30)20-8-5-11-26-21(20)33-2)23(31)29(24(32)27-25)19-14-16-6-3-4-7-17(16)15-19/h3-8,11,18-19H,9-10,12-15H2,1-2H3,(H,27,32). The van der Waals surface area contributed by atoms with Crippen molar-refractivity contribution in [2.45, 2.75) is 44.2 Å². The molecule has 8 heteroatoms. The number of hydrogen-bond acceptors (Lipinski definition) is 5. The number of imide groups is 1. The Hall–Kier alpha value is -3.42. The van der Waals surface area contributed by atoms with Gasteiger partial charge in [0.05, 0.1) is 7.11 Å². The third kappa shape index (κ3) is 3.53. The second-order valence-corrected chi connectivity index (χ2v) is 9.27. The Bertz CT molecular complexity index is 1090. The minimum atomic E-state index is -0.951.